The van der Waals surface area contributed by atoms with Gasteiger partial charge in [-0.25, -0.2) is 0 Å². The number of halogens is 1. The van der Waals surface area contributed by atoms with Gasteiger partial charge in [-0.1, -0.05) is 12.5 Å². The van der Waals surface area contributed by atoms with Crippen LogP contribution in [0.15, 0.2) is 24.3 Å². The highest BCUT2D eigenvalue weighted by Gasteiger charge is 2.31. The molecule has 0 saturated heterocycles. The summed E-state index contributed by atoms with van der Waals surface area (Å²) < 4.78 is 0. The van der Waals surface area contributed by atoms with Crippen molar-refractivity contribution in [2.45, 2.75) is 38.1 Å². The predicted molar refractivity (Wildman–Crippen MR) is 89.0 cm³/mol. The average Bonchev–Trinajstić information content (AvgIpc) is 3.21. The smallest absolute Gasteiger partial charge is 0.229 e. The summed E-state index contributed by atoms with van der Waals surface area (Å²) >= 11 is 0. The normalized spacial score (nSPS) is 23.5. The van der Waals surface area contributed by atoms with Crippen LogP contribution in [0.2, 0.25) is 0 Å². The highest BCUT2D eigenvalue weighted by Crippen LogP contribution is 2.30. The topological polar surface area (TPSA) is 84.2 Å². The maximum atomic E-state index is 12.2. The Kier molecular flexibility index (Phi) is 5.42. The van der Waals surface area contributed by atoms with Gasteiger partial charge < -0.3 is 16.4 Å². The zero-order valence-corrected chi connectivity index (χ0v) is 13.2. The monoisotopic (exact) mass is 323 g/mol. The molecule has 2 fully saturated rings. The lowest BCUT2D eigenvalue weighted by atomic mass is 10.0. The number of rotatable bonds is 4. The van der Waals surface area contributed by atoms with Crippen molar-refractivity contribution in [1.29, 1.82) is 0 Å². The zero-order chi connectivity index (χ0) is 14.8. The molecule has 4 N–H and O–H groups in total. The highest BCUT2D eigenvalue weighted by atomic mass is 35.5. The number of carbonyl (C=O) groups is 2. The highest BCUT2D eigenvalue weighted by molar-refractivity contribution is 5.96. The maximum absolute atomic E-state index is 12.2. The minimum atomic E-state index is -0.102. The lowest BCUT2D eigenvalue weighted by Gasteiger charge is -2.15. The number of carbonyl (C=O) groups excluding carboxylic acids is 2. The number of hydrogen-bond acceptors (Lipinski definition) is 3. The van der Waals surface area contributed by atoms with Crippen LogP contribution < -0.4 is 16.4 Å². The van der Waals surface area contributed by atoms with E-state index in [1.54, 1.807) is 6.07 Å². The molecule has 2 aliphatic carbocycles. The van der Waals surface area contributed by atoms with Crippen molar-refractivity contribution in [3.8, 4) is 0 Å². The molecule has 6 heteroatoms. The fraction of sp³-hybridized carbons (Fsp3) is 0.500. The summed E-state index contributed by atoms with van der Waals surface area (Å²) in [6.07, 6.45) is 4.72. The van der Waals surface area contributed by atoms with Gasteiger partial charge >= 0.3 is 0 Å². The van der Waals surface area contributed by atoms with Crippen molar-refractivity contribution in [3.63, 3.8) is 0 Å². The number of amides is 2. The second-order valence-electron chi connectivity index (χ2n) is 6.03. The van der Waals surface area contributed by atoms with E-state index in [-0.39, 0.29) is 42.1 Å². The van der Waals surface area contributed by atoms with E-state index in [0.717, 1.165) is 37.8 Å². The molecule has 0 bridgehead atoms. The number of nitrogens with two attached hydrogens (primary N) is 1. The lowest BCUT2D eigenvalue weighted by molar-refractivity contribution is -0.120. The van der Waals surface area contributed by atoms with Crippen LogP contribution in [0.25, 0.3) is 0 Å². The van der Waals surface area contributed by atoms with Gasteiger partial charge in [0.25, 0.3) is 0 Å². The average molecular weight is 324 g/mol. The van der Waals surface area contributed by atoms with Crippen LogP contribution in [-0.2, 0) is 9.59 Å². The van der Waals surface area contributed by atoms with Crippen LogP contribution in [0.5, 0.6) is 0 Å². The van der Waals surface area contributed by atoms with Gasteiger partial charge in [-0.05, 0) is 43.9 Å². The van der Waals surface area contributed by atoms with Gasteiger partial charge in [0.05, 0.1) is 5.92 Å². The van der Waals surface area contributed by atoms with Crippen LogP contribution >= 0.6 is 12.4 Å². The zero-order valence-electron chi connectivity index (χ0n) is 12.4. The van der Waals surface area contributed by atoms with Crippen molar-refractivity contribution in [3.05, 3.63) is 24.3 Å². The van der Waals surface area contributed by atoms with E-state index >= 15 is 0 Å². The Bertz CT molecular complexity index is 560. The Morgan fingerprint density at radius 3 is 2.18 bits per heavy atom. The van der Waals surface area contributed by atoms with E-state index in [0.29, 0.717) is 5.69 Å². The van der Waals surface area contributed by atoms with E-state index < -0.39 is 0 Å². The van der Waals surface area contributed by atoms with Crippen molar-refractivity contribution in [2.24, 2.45) is 17.6 Å². The molecule has 2 unspecified atom stereocenters. The first-order valence-electron chi connectivity index (χ1n) is 7.61. The molecular weight excluding hydrogens is 302 g/mol. The minimum absolute atomic E-state index is 0. The molecular formula is C16H22ClN3O2. The van der Waals surface area contributed by atoms with Crippen LogP contribution in [0.4, 0.5) is 11.4 Å². The van der Waals surface area contributed by atoms with Crippen molar-refractivity contribution < 1.29 is 9.59 Å². The number of hydrogen-bond donors (Lipinski definition) is 3. The Morgan fingerprint density at radius 1 is 1.00 bits per heavy atom. The molecule has 1 aromatic rings. The minimum Gasteiger partial charge on any atom is -0.327 e. The van der Waals surface area contributed by atoms with Gasteiger partial charge in [-0.15, -0.1) is 12.4 Å². The third kappa shape index (κ3) is 3.99. The Morgan fingerprint density at radius 2 is 1.64 bits per heavy atom. The molecule has 3 rings (SSSR count). The fourth-order valence-corrected chi connectivity index (χ4v) is 2.81. The Hall–Kier alpha value is -1.59. The molecule has 1 aromatic carbocycles. The van der Waals surface area contributed by atoms with Crippen molar-refractivity contribution in [1.82, 2.24) is 0 Å². The summed E-state index contributed by atoms with van der Waals surface area (Å²) in [6, 6.07) is 7.23. The van der Waals surface area contributed by atoms with E-state index in [2.05, 4.69) is 10.6 Å². The fourth-order valence-electron chi connectivity index (χ4n) is 2.81. The van der Waals surface area contributed by atoms with E-state index in [1.165, 1.54) is 0 Å². The lowest BCUT2D eigenvalue weighted by Crippen LogP contribution is -2.34. The van der Waals surface area contributed by atoms with E-state index in [9.17, 15) is 9.59 Å². The summed E-state index contributed by atoms with van der Waals surface area (Å²) in [6.45, 7) is 0. The summed E-state index contributed by atoms with van der Waals surface area (Å²) in [5.74, 6) is 0.108. The van der Waals surface area contributed by atoms with Gasteiger partial charge in [0, 0.05) is 23.3 Å². The predicted octanol–water partition coefficient (Wildman–Crippen LogP) is 2.52. The van der Waals surface area contributed by atoms with Crippen molar-refractivity contribution in [2.75, 3.05) is 10.6 Å². The van der Waals surface area contributed by atoms with E-state index in [4.69, 9.17) is 5.73 Å². The largest absolute Gasteiger partial charge is 0.327 e. The Balaban J connectivity index is 0.00000176. The third-order valence-corrected chi connectivity index (χ3v) is 4.25. The van der Waals surface area contributed by atoms with Gasteiger partial charge in [0.2, 0.25) is 11.8 Å². The first-order valence-corrected chi connectivity index (χ1v) is 7.61. The van der Waals surface area contributed by atoms with Crippen LogP contribution in [0.1, 0.15) is 32.1 Å². The molecule has 5 nitrogen and oxygen atoms in total. The van der Waals surface area contributed by atoms with Gasteiger partial charge in [0.1, 0.15) is 0 Å². The van der Waals surface area contributed by atoms with Crippen LogP contribution in [0.3, 0.4) is 0 Å². The number of anilines is 2. The Labute approximate surface area is 136 Å². The first kappa shape index (κ1) is 16.8. The molecule has 0 aromatic heterocycles. The molecule has 2 aliphatic rings. The standard InChI is InChI=1S/C16H21N3O2.ClH/c17-14-6-2-5-13(14)16(21)19-12-4-1-3-11(9-12)18-15(20)10-7-8-10;/h1,3-4,9-10,13-14H,2,5-8,17H2,(H,18,20)(H,19,21);1H. The van der Waals surface area contributed by atoms with E-state index in [1.807, 2.05) is 18.2 Å². The second-order valence-corrected chi connectivity index (χ2v) is 6.03. The molecule has 0 radical (unpaired) electrons. The molecule has 2 amide bonds. The molecule has 2 saturated carbocycles. The van der Waals surface area contributed by atoms with Gasteiger partial charge in [-0.2, -0.15) is 0 Å². The maximum Gasteiger partial charge on any atom is 0.229 e. The summed E-state index contributed by atoms with van der Waals surface area (Å²) in [5.41, 5.74) is 7.38. The molecule has 0 heterocycles. The third-order valence-electron chi connectivity index (χ3n) is 4.25. The molecule has 22 heavy (non-hydrogen) atoms. The first-order chi connectivity index (χ1) is 10.1. The van der Waals surface area contributed by atoms with Gasteiger partial charge in [-0.3, -0.25) is 9.59 Å². The summed E-state index contributed by atoms with van der Waals surface area (Å²) in [7, 11) is 0. The van der Waals surface area contributed by atoms with Crippen LogP contribution in [0, 0.1) is 11.8 Å². The molecule has 0 aliphatic heterocycles. The molecule has 0 spiro atoms. The SMILES string of the molecule is Cl.NC1CCCC1C(=O)Nc1cccc(NC(=O)C2CC2)c1. The molecule has 120 valence electrons. The van der Waals surface area contributed by atoms with Gasteiger partial charge in [0.15, 0.2) is 0 Å². The number of nitrogens with one attached hydrogen (secondary N) is 2. The summed E-state index contributed by atoms with van der Waals surface area (Å²) in [5, 5.41) is 5.78. The number of benzene rings is 1. The summed E-state index contributed by atoms with van der Waals surface area (Å²) in [4.78, 5) is 23.9. The van der Waals surface area contributed by atoms with Crippen molar-refractivity contribution >= 4 is 35.6 Å². The second kappa shape index (κ2) is 7.11. The molecule has 2 atom stereocenters. The quantitative estimate of drug-likeness (QED) is 0.796. The van der Waals surface area contributed by atoms with Crippen LogP contribution in [-0.4, -0.2) is 17.9 Å².